The molecule has 0 spiro atoms. The van der Waals surface area contributed by atoms with Crippen molar-refractivity contribution in [3.63, 3.8) is 0 Å². The maximum atomic E-state index is 11.0. The number of urea groups is 1. The minimum absolute atomic E-state index is 0.0767. The smallest absolute Gasteiger partial charge is 0.315 e. The Bertz CT molecular complexity index is 521. The molecule has 2 aromatic rings. The fraction of sp³-hybridized carbons (Fsp3) is 0.167. The van der Waals surface area contributed by atoms with Crippen LogP contribution < -0.4 is 10.6 Å². The number of hydrogen-bond acceptors (Lipinski definition) is 3. The van der Waals surface area contributed by atoms with Gasteiger partial charge in [-0.3, -0.25) is 0 Å². The Labute approximate surface area is 103 Å². The van der Waals surface area contributed by atoms with E-state index in [2.05, 4.69) is 15.6 Å². The average molecular weight is 245 g/mol. The maximum Gasteiger partial charge on any atom is 0.315 e. The zero-order valence-electron chi connectivity index (χ0n) is 9.01. The van der Waals surface area contributed by atoms with E-state index in [4.69, 9.17) is 0 Å². The summed E-state index contributed by atoms with van der Waals surface area (Å²) >= 11 is 1.62. The van der Waals surface area contributed by atoms with Crippen LogP contribution >= 0.6 is 11.3 Å². The highest BCUT2D eigenvalue weighted by atomic mass is 32.1. The summed E-state index contributed by atoms with van der Waals surface area (Å²) in [5.74, 6) is 0. The van der Waals surface area contributed by atoms with E-state index in [1.54, 1.807) is 17.5 Å². The third kappa shape index (κ3) is 2.01. The van der Waals surface area contributed by atoms with Gasteiger partial charge in [0.25, 0.3) is 0 Å². The summed E-state index contributed by atoms with van der Waals surface area (Å²) < 4.78 is 0. The zero-order chi connectivity index (χ0) is 11.7. The van der Waals surface area contributed by atoms with E-state index < -0.39 is 0 Å². The third-order valence-corrected chi connectivity index (χ3v) is 3.59. The SMILES string of the molecule is O=C1NCC(c2ccc(-c3nccs3)cc2)N1. The van der Waals surface area contributed by atoms with Crippen LogP contribution in [0.4, 0.5) is 4.79 Å². The number of rotatable bonds is 2. The van der Waals surface area contributed by atoms with Gasteiger partial charge in [0.2, 0.25) is 0 Å². The second-order valence-electron chi connectivity index (χ2n) is 3.87. The van der Waals surface area contributed by atoms with Crippen LogP contribution in [-0.4, -0.2) is 17.6 Å². The molecule has 0 radical (unpaired) electrons. The summed E-state index contributed by atoms with van der Waals surface area (Å²) in [7, 11) is 0. The van der Waals surface area contributed by atoms with Crippen LogP contribution in [0.15, 0.2) is 35.8 Å². The summed E-state index contributed by atoms with van der Waals surface area (Å²) in [6.45, 7) is 0.648. The van der Waals surface area contributed by atoms with Crippen LogP contribution in [0, 0.1) is 0 Å². The van der Waals surface area contributed by atoms with Crippen molar-refractivity contribution in [2.75, 3.05) is 6.54 Å². The standard InChI is InChI=1S/C12H11N3OS/c16-12-14-7-10(15-12)8-1-3-9(4-2-8)11-13-5-6-17-11/h1-6,10H,7H2,(H2,14,15,16). The number of nitrogens with zero attached hydrogens (tertiary/aromatic N) is 1. The van der Waals surface area contributed by atoms with Crippen molar-refractivity contribution >= 4 is 17.4 Å². The van der Waals surface area contributed by atoms with Crippen LogP contribution in [0.5, 0.6) is 0 Å². The van der Waals surface area contributed by atoms with Crippen LogP contribution in [0.3, 0.4) is 0 Å². The van der Waals surface area contributed by atoms with E-state index >= 15 is 0 Å². The largest absolute Gasteiger partial charge is 0.336 e. The molecular formula is C12H11N3OS. The second kappa shape index (κ2) is 4.18. The fourth-order valence-corrected chi connectivity index (χ4v) is 2.52. The number of carbonyl (C=O) groups excluding carboxylic acids is 1. The Morgan fingerprint density at radius 2 is 2.12 bits per heavy atom. The van der Waals surface area contributed by atoms with Gasteiger partial charge in [-0.1, -0.05) is 24.3 Å². The summed E-state index contributed by atoms with van der Waals surface area (Å²) in [4.78, 5) is 15.3. The van der Waals surface area contributed by atoms with Crippen molar-refractivity contribution in [1.82, 2.24) is 15.6 Å². The number of carbonyl (C=O) groups is 1. The molecular weight excluding hydrogens is 234 g/mol. The molecule has 2 amide bonds. The number of hydrogen-bond donors (Lipinski definition) is 2. The highest BCUT2D eigenvalue weighted by Gasteiger charge is 2.21. The van der Waals surface area contributed by atoms with Crippen molar-refractivity contribution in [3.05, 3.63) is 41.4 Å². The van der Waals surface area contributed by atoms with E-state index in [9.17, 15) is 4.79 Å². The lowest BCUT2D eigenvalue weighted by molar-refractivity contribution is 0.247. The molecule has 1 saturated heterocycles. The number of benzene rings is 1. The van der Waals surface area contributed by atoms with E-state index in [1.807, 2.05) is 29.6 Å². The van der Waals surface area contributed by atoms with Gasteiger partial charge in [0.15, 0.2) is 0 Å². The topological polar surface area (TPSA) is 54.0 Å². The number of amides is 2. The Balaban J connectivity index is 1.83. The summed E-state index contributed by atoms with van der Waals surface area (Å²) in [5, 5.41) is 8.59. The molecule has 0 aliphatic carbocycles. The fourth-order valence-electron chi connectivity index (χ4n) is 1.88. The molecule has 1 aromatic heterocycles. The normalized spacial score (nSPS) is 18.8. The number of thiazole rings is 1. The van der Waals surface area contributed by atoms with Gasteiger partial charge in [-0.2, -0.15) is 0 Å². The van der Waals surface area contributed by atoms with Gasteiger partial charge in [0, 0.05) is 23.7 Å². The second-order valence-corrected chi connectivity index (χ2v) is 4.76. The molecule has 1 atom stereocenters. The Morgan fingerprint density at radius 1 is 1.29 bits per heavy atom. The lowest BCUT2D eigenvalue weighted by Gasteiger charge is -2.08. The Kier molecular flexibility index (Phi) is 2.53. The van der Waals surface area contributed by atoms with Gasteiger partial charge in [0.05, 0.1) is 6.04 Å². The molecule has 1 aromatic carbocycles. The number of aromatic nitrogens is 1. The maximum absolute atomic E-state index is 11.0. The molecule has 17 heavy (non-hydrogen) atoms. The van der Waals surface area contributed by atoms with E-state index in [0.717, 1.165) is 16.1 Å². The molecule has 1 aliphatic heterocycles. The van der Waals surface area contributed by atoms with Crippen molar-refractivity contribution in [2.24, 2.45) is 0 Å². The molecule has 0 saturated carbocycles. The molecule has 1 unspecified atom stereocenters. The number of nitrogens with one attached hydrogen (secondary N) is 2. The van der Waals surface area contributed by atoms with Crippen molar-refractivity contribution < 1.29 is 4.79 Å². The molecule has 2 heterocycles. The van der Waals surface area contributed by atoms with Gasteiger partial charge < -0.3 is 10.6 Å². The predicted octanol–water partition coefficient (Wildman–Crippen LogP) is 2.16. The lowest BCUT2D eigenvalue weighted by Crippen LogP contribution is -2.21. The average Bonchev–Trinajstić information content (AvgIpc) is 3.00. The molecule has 86 valence electrons. The molecule has 5 heteroatoms. The van der Waals surface area contributed by atoms with Crippen molar-refractivity contribution in [3.8, 4) is 10.6 Å². The summed E-state index contributed by atoms with van der Waals surface area (Å²) in [5.41, 5.74) is 2.23. The molecule has 2 N–H and O–H groups in total. The molecule has 1 fully saturated rings. The van der Waals surface area contributed by atoms with Gasteiger partial charge in [0.1, 0.15) is 5.01 Å². The molecule has 0 bridgehead atoms. The molecule has 3 rings (SSSR count). The highest BCUT2D eigenvalue weighted by molar-refractivity contribution is 7.13. The third-order valence-electron chi connectivity index (χ3n) is 2.76. The highest BCUT2D eigenvalue weighted by Crippen LogP contribution is 2.24. The van der Waals surface area contributed by atoms with Crippen LogP contribution in [0.1, 0.15) is 11.6 Å². The van der Waals surface area contributed by atoms with Crippen LogP contribution in [0.2, 0.25) is 0 Å². The van der Waals surface area contributed by atoms with Gasteiger partial charge in [-0.05, 0) is 5.56 Å². The quantitative estimate of drug-likeness (QED) is 0.852. The Hall–Kier alpha value is -1.88. The van der Waals surface area contributed by atoms with Gasteiger partial charge >= 0.3 is 6.03 Å². The minimum atomic E-state index is -0.0981. The van der Waals surface area contributed by atoms with E-state index in [1.165, 1.54) is 0 Å². The zero-order valence-corrected chi connectivity index (χ0v) is 9.83. The Morgan fingerprint density at radius 3 is 2.71 bits per heavy atom. The monoisotopic (exact) mass is 245 g/mol. The first-order valence-corrected chi connectivity index (χ1v) is 6.25. The molecule has 4 nitrogen and oxygen atoms in total. The van der Waals surface area contributed by atoms with E-state index in [-0.39, 0.29) is 12.1 Å². The summed E-state index contributed by atoms with van der Waals surface area (Å²) in [6.07, 6.45) is 1.80. The minimum Gasteiger partial charge on any atom is -0.336 e. The van der Waals surface area contributed by atoms with E-state index in [0.29, 0.717) is 6.54 Å². The van der Waals surface area contributed by atoms with Gasteiger partial charge in [-0.25, -0.2) is 9.78 Å². The van der Waals surface area contributed by atoms with Crippen LogP contribution in [-0.2, 0) is 0 Å². The predicted molar refractivity (Wildman–Crippen MR) is 66.8 cm³/mol. The van der Waals surface area contributed by atoms with Crippen molar-refractivity contribution in [1.29, 1.82) is 0 Å². The summed E-state index contributed by atoms with van der Waals surface area (Å²) in [6, 6.07) is 8.13. The first kappa shape index (κ1) is 10.3. The van der Waals surface area contributed by atoms with Gasteiger partial charge in [-0.15, -0.1) is 11.3 Å². The molecule has 1 aliphatic rings. The lowest BCUT2D eigenvalue weighted by atomic mass is 10.1. The first-order chi connectivity index (χ1) is 8.33. The van der Waals surface area contributed by atoms with Crippen LogP contribution in [0.25, 0.3) is 10.6 Å². The van der Waals surface area contributed by atoms with Crippen molar-refractivity contribution in [2.45, 2.75) is 6.04 Å². The first-order valence-electron chi connectivity index (χ1n) is 5.37.